The van der Waals surface area contributed by atoms with Crippen LogP contribution in [0.5, 0.6) is 0 Å². The summed E-state index contributed by atoms with van der Waals surface area (Å²) in [5.41, 5.74) is 2.15. The van der Waals surface area contributed by atoms with Gasteiger partial charge in [-0.05, 0) is 32.9 Å². The number of aliphatic imine (C=N–C) groups is 1. The Balaban J connectivity index is 1.69. The number of thiazole rings is 1. The van der Waals surface area contributed by atoms with Gasteiger partial charge in [-0.1, -0.05) is 18.2 Å². The Morgan fingerprint density at radius 2 is 2.00 bits per heavy atom. The highest BCUT2D eigenvalue weighted by atomic mass is 32.1. The fourth-order valence-corrected chi connectivity index (χ4v) is 3.86. The summed E-state index contributed by atoms with van der Waals surface area (Å²) in [5, 5.41) is 3.25. The minimum absolute atomic E-state index is 0.121. The van der Waals surface area contributed by atoms with Crippen molar-refractivity contribution in [3.63, 3.8) is 0 Å². The van der Waals surface area contributed by atoms with E-state index < -0.39 is 0 Å². The predicted octanol–water partition coefficient (Wildman–Crippen LogP) is 3.59. The van der Waals surface area contributed by atoms with E-state index in [4.69, 9.17) is 9.73 Å². The maximum atomic E-state index is 5.89. The van der Waals surface area contributed by atoms with E-state index in [0.717, 1.165) is 16.6 Å². The number of nitrogens with zero attached hydrogens (tertiary/aromatic N) is 3. The number of rotatable bonds is 3. The van der Waals surface area contributed by atoms with Gasteiger partial charge in [0.1, 0.15) is 23.7 Å². The van der Waals surface area contributed by atoms with Crippen molar-refractivity contribution in [2.75, 3.05) is 11.5 Å². The van der Waals surface area contributed by atoms with Crippen LogP contribution in [0.15, 0.2) is 40.7 Å². The zero-order valence-corrected chi connectivity index (χ0v) is 13.8. The molecule has 0 bridgehead atoms. The van der Waals surface area contributed by atoms with Crippen molar-refractivity contribution in [2.45, 2.75) is 38.4 Å². The molecule has 0 saturated carbocycles. The van der Waals surface area contributed by atoms with Gasteiger partial charge in [0.15, 0.2) is 0 Å². The van der Waals surface area contributed by atoms with E-state index in [0.29, 0.717) is 6.61 Å². The molecule has 0 N–H and O–H groups in total. The van der Waals surface area contributed by atoms with Crippen molar-refractivity contribution in [1.29, 1.82) is 0 Å². The standard InChI is InChI=1S/C17H19N3OS/c1-11-9-22-16(18-11)14-13(15-19-17(2,3)10-21-15)20(14)12-7-5-4-6-8-12/h4-9,13-14H,10H2,1-3H3/t13-,14-,20?/m1/s1. The number of ether oxygens (including phenoxy) is 1. The average molecular weight is 313 g/mol. The fraction of sp³-hybridized carbons (Fsp3) is 0.412. The molecule has 1 aromatic heterocycles. The largest absolute Gasteiger partial charge is 0.477 e. The van der Waals surface area contributed by atoms with Crippen LogP contribution in [0.25, 0.3) is 0 Å². The third kappa shape index (κ3) is 2.29. The van der Waals surface area contributed by atoms with Crippen LogP contribution in [0.3, 0.4) is 0 Å². The number of aryl methyl sites for hydroxylation is 1. The van der Waals surface area contributed by atoms with Gasteiger partial charge < -0.3 is 9.64 Å². The SMILES string of the molecule is Cc1csc([C@H]2[C@H](C3=NC(C)(C)CO3)N2c2ccccc2)n1. The highest BCUT2D eigenvalue weighted by Crippen LogP contribution is 2.49. The molecular formula is C17H19N3OS. The van der Waals surface area contributed by atoms with Crippen LogP contribution in [-0.4, -0.2) is 29.1 Å². The molecule has 2 aromatic rings. The zero-order chi connectivity index (χ0) is 15.3. The van der Waals surface area contributed by atoms with Gasteiger partial charge >= 0.3 is 0 Å². The van der Waals surface area contributed by atoms with Crippen molar-refractivity contribution >= 4 is 22.9 Å². The molecule has 0 aliphatic carbocycles. The number of hydrogen-bond donors (Lipinski definition) is 0. The maximum Gasteiger partial charge on any atom is 0.210 e. The predicted molar refractivity (Wildman–Crippen MR) is 89.8 cm³/mol. The van der Waals surface area contributed by atoms with Crippen molar-refractivity contribution in [2.24, 2.45) is 4.99 Å². The number of benzene rings is 1. The van der Waals surface area contributed by atoms with Crippen molar-refractivity contribution in [3.05, 3.63) is 46.4 Å². The summed E-state index contributed by atoms with van der Waals surface area (Å²) >= 11 is 1.72. The molecule has 0 amide bonds. The maximum absolute atomic E-state index is 5.89. The molecule has 0 spiro atoms. The summed E-state index contributed by atoms with van der Waals surface area (Å²) in [6.45, 7) is 6.91. The first-order chi connectivity index (χ1) is 10.6. The lowest BCUT2D eigenvalue weighted by atomic mass is 10.1. The molecule has 5 heteroatoms. The first-order valence-electron chi connectivity index (χ1n) is 7.53. The summed E-state index contributed by atoms with van der Waals surface area (Å²) in [4.78, 5) is 11.8. The van der Waals surface area contributed by atoms with Crippen LogP contribution in [0.1, 0.15) is 30.6 Å². The van der Waals surface area contributed by atoms with Crippen LogP contribution in [-0.2, 0) is 4.74 Å². The Bertz CT molecular complexity index is 723. The summed E-state index contributed by atoms with van der Waals surface area (Å²) in [5.74, 6) is 0.853. The molecule has 22 heavy (non-hydrogen) atoms. The van der Waals surface area contributed by atoms with E-state index in [1.165, 1.54) is 5.69 Å². The number of anilines is 1. The molecule has 4 nitrogen and oxygen atoms in total. The van der Waals surface area contributed by atoms with Crippen LogP contribution < -0.4 is 4.90 Å². The lowest BCUT2D eigenvalue weighted by Crippen LogP contribution is -2.17. The Labute approximate surface area is 134 Å². The topological polar surface area (TPSA) is 37.5 Å². The van der Waals surface area contributed by atoms with Gasteiger partial charge in [-0.2, -0.15) is 0 Å². The van der Waals surface area contributed by atoms with Crippen LogP contribution in [0.2, 0.25) is 0 Å². The molecule has 1 fully saturated rings. The van der Waals surface area contributed by atoms with Gasteiger partial charge in [0.2, 0.25) is 5.90 Å². The van der Waals surface area contributed by atoms with Crippen LogP contribution in [0.4, 0.5) is 5.69 Å². The minimum Gasteiger partial charge on any atom is -0.477 e. The number of aromatic nitrogens is 1. The number of para-hydroxylation sites is 1. The molecule has 2 atom stereocenters. The van der Waals surface area contributed by atoms with Gasteiger partial charge in [0.25, 0.3) is 0 Å². The Morgan fingerprint density at radius 1 is 1.23 bits per heavy atom. The van der Waals surface area contributed by atoms with E-state index in [9.17, 15) is 0 Å². The zero-order valence-electron chi connectivity index (χ0n) is 13.0. The van der Waals surface area contributed by atoms with E-state index in [2.05, 4.69) is 53.4 Å². The van der Waals surface area contributed by atoms with Crippen molar-refractivity contribution in [3.8, 4) is 0 Å². The van der Waals surface area contributed by atoms with Crippen LogP contribution >= 0.6 is 11.3 Å². The highest BCUT2D eigenvalue weighted by molar-refractivity contribution is 7.09. The fourth-order valence-electron chi connectivity index (χ4n) is 2.93. The molecule has 1 saturated heterocycles. The lowest BCUT2D eigenvalue weighted by molar-refractivity contribution is 0.275. The highest BCUT2D eigenvalue weighted by Gasteiger charge is 2.56. The van der Waals surface area contributed by atoms with Crippen molar-refractivity contribution < 1.29 is 4.74 Å². The lowest BCUT2D eigenvalue weighted by Gasteiger charge is -2.07. The van der Waals surface area contributed by atoms with Gasteiger partial charge in [0, 0.05) is 16.8 Å². The Morgan fingerprint density at radius 3 is 2.59 bits per heavy atom. The Kier molecular flexibility index (Phi) is 3.01. The Hall–Kier alpha value is -1.88. The molecule has 2 aliphatic heterocycles. The second-order valence-corrected chi connectivity index (χ2v) is 7.40. The first-order valence-corrected chi connectivity index (χ1v) is 8.41. The molecule has 0 unspecified atom stereocenters. The van der Waals surface area contributed by atoms with Crippen LogP contribution in [0, 0.1) is 6.92 Å². The van der Waals surface area contributed by atoms with E-state index in [-0.39, 0.29) is 17.6 Å². The van der Waals surface area contributed by atoms with E-state index in [1.54, 1.807) is 11.3 Å². The molecular weight excluding hydrogens is 294 g/mol. The van der Waals surface area contributed by atoms with Gasteiger partial charge in [-0.15, -0.1) is 11.3 Å². The minimum atomic E-state index is -0.121. The third-order valence-electron chi connectivity index (χ3n) is 3.99. The number of hydrogen-bond acceptors (Lipinski definition) is 5. The normalized spacial score (nSPS) is 25.8. The first kappa shape index (κ1) is 13.8. The van der Waals surface area contributed by atoms with E-state index >= 15 is 0 Å². The summed E-state index contributed by atoms with van der Waals surface area (Å²) in [6.07, 6.45) is 0. The molecule has 114 valence electrons. The smallest absolute Gasteiger partial charge is 0.210 e. The summed E-state index contributed by atoms with van der Waals surface area (Å²) < 4.78 is 5.89. The average Bonchev–Trinajstić information content (AvgIpc) is 2.92. The third-order valence-corrected chi connectivity index (χ3v) is 5.03. The monoisotopic (exact) mass is 313 g/mol. The summed E-state index contributed by atoms with van der Waals surface area (Å²) in [7, 11) is 0. The molecule has 2 aliphatic rings. The van der Waals surface area contributed by atoms with Gasteiger partial charge in [-0.3, -0.25) is 0 Å². The molecule has 0 radical (unpaired) electrons. The summed E-state index contributed by atoms with van der Waals surface area (Å²) in [6, 6.07) is 10.9. The quantitative estimate of drug-likeness (QED) is 0.813. The molecule has 1 aromatic carbocycles. The second-order valence-electron chi connectivity index (χ2n) is 6.51. The second kappa shape index (κ2) is 4.81. The van der Waals surface area contributed by atoms with Gasteiger partial charge in [-0.25, -0.2) is 9.98 Å². The molecule has 4 rings (SSSR count). The van der Waals surface area contributed by atoms with Crippen molar-refractivity contribution in [1.82, 2.24) is 4.98 Å². The van der Waals surface area contributed by atoms with Gasteiger partial charge in [0.05, 0.1) is 5.54 Å². The van der Waals surface area contributed by atoms with E-state index in [1.807, 2.05) is 13.0 Å². The molecule has 3 heterocycles.